The van der Waals surface area contributed by atoms with Crippen LogP contribution in [0.2, 0.25) is 0 Å². The van der Waals surface area contributed by atoms with Crippen LogP contribution in [0.25, 0.3) is 27.3 Å². The summed E-state index contributed by atoms with van der Waals surface area (Å²) in [5.41, 5.74) is 7.14. The predicted octanol–water partition coefficient (Wildman–Crippen LogP) is 7.91. The molecule has 2 heterocycles. The van der Waals surface area contributed by atoms with Crippen LogP contribution < -0.4 is 10.2 Å². The highest BCUT2D eigenvalue weighted by Crippen LogP contribution is 2.40. The van der Waals surface area contributed by atoms with E-state index in [1.807, 2.05) is 6.92 Å². The maximum atomic E-state index is 13.9. The molecule has 1 aliphatic heterocycles. The predicted molar refractivity (Wildman–Crippen MR) is 175 cm³/mol. The number of thiazole rings is 1. The first-order valence-corrected chi connectivity index (χ1v) is 15.0. The van der Waals surface area contributed by atoms with Crippen molar-refractivity contribution in [2.24, 2.45) is 0 Å². The van der Waals surface area contributed by atoms with Gasteiger partial charge in [-0.1, -0.05) is 89.2 Å². The lowest BCUT2D eigenvalue weighted by molar-refractivity contribution is -0.112. The van der Waals surface area contributed by atoms with Gasteiger partial charge in [-0.15, -0.1) is 0 Å². The number of esters is 1. The molecule has 44 heavy (non-hydrogen) atoms. The van der Waals surface area contributed by atoms with Gasteiger partial charge in [-0.3, -0.25) is 9.59 Å². The van der Waals surface area contributed by atoms with Crippen molar-refractivity contribution in [3.05, 3.63) is 131 Å². The number of ether oxygens (including phenoxy) is 1. The summed E-state index contributed by atoms with van der Waals surface area (Å²) in [6.45, 7) is 6.08. The van der Waals surface area contributed by atoms with Crippen molar-refractivity contribution in [2.75, 3.05) is 16.8 Å². The zero-order valence-corrected chi connectivity index (χ0v) is 25.3. The third kappa shape index (κ3) is 5.55. The maximum Gasteiger partial charge on any atom is 0.338 e. The average molecular weight is 600 g/mol. The molecule has 0 spiro atoms. The van der Waals surface area contributed by atoms with E-state index in [1.165, 1.54) is 16.9 Å². The number of amides is 2. The summed E-state index contributed by atoms with van der Waals surface area (Å²) in [6, 6.07) is 29.8. The Bertz CT molecular complexity index is 1840. The van der Waals surface area contributed by atoms with Gasteiger partial charge in [-0.25, -0.2) is 14.7 Å². The summed E-state index contributed by atoms with van der Waals surface area (Å²) in [6.07, 6.45) is 1.62. The molecule has 0 saturated carbocycles. The van der Waals surface area contributed by atoms with Gasteiger partial charge in [0.2, 0.25) is 0 Å². The molecule has 1 N–H and O–H groups in total. The molecule has 1 aliphatic rings. The van der Waals surface area contributed by atoms with Gasteiger partial charge in [0.25, 0.3) is 11.8 Å². The summed E-state index contributed by atoms with van der Waals surface area (Å²) in [7, 11) is 0. The molecule has 0 fully saturated rings. The highest BCUT2D eigenvalue weighted by molar-refractivity contribution is 7.19. The molecule has 218 valence electrons. The Labute approximate surface area is 259 Å². The summed E-state index contributed by atoms with van der Waals surface area (Å²) < 4.78 is 5.06. The average Bonchev–Trinajstić information content (AvgIpc) is 3.46. The summed E-state index contributed by atoms with van der Waals surface area (Å²) in [5, 5.41) is 3.87. The number of rotatable bonds is 7. The van der Waals surface area contributed by atoms with Crippen molar-refractivity contribution in [2.45, 2.75) is 20.8 Å². The van der Waals surface area contributed by atoms with Gasteiger partial charge >= 0.3 is 5.97 Å². The number of anilines is 2. The second-order valence-corrected chi connectivity index (χ2v) is 11.4. The number of fused-ring (bicyclic) bond motifs is 1. The fraction of sp³-hybridized carbons (Fsp3) is 0.111. The van der Waals surface area contributed by atoms with Gasteiger partial charge in [0.1, 0.15) is 0 Å². The largest absolute Gasteiger partial charge is 0.462 e. The van der Waals surface area contributed by atoms with Crippen LogP contribution in [0.1, 0.15) is 44.3 Å². The molecule has 7 nitrogen and oxygen atoms in total. The number of aryl methyl sites for hydroxylation is 2. The monoisotopic (exact) mass is 599 g/mol. The van der Waals surface area contributed by atoms with Gasteiger partial charge in [0, 0.05) is 22.9 Å². The number of nitrogens with zero attached hydrogens (tertiary/aromatic N) is 2. The summed E-state index contributed by atoms with van der Waals surface area (Å²) >= 11 is 1.49. The SMILES string of the molecule is CCOC(=O)c1ccc(N2C(=O)/C(=C/Nc3nc(-c4ccc(C)cc4)c(-c4ccc(C)cc4)s3)c3ccccc3C2=O)cc1. The van der Waals surface area contributed by atoms with Gasteiger partial charge in [0.05, 0.1) is 34.0 Å². The lowest BCUT2D eigenvalue weighted by Gasteiger charge is -2.28. The van der Waals surface area contributed by atoms with Crippen LogP contribution in [0.4, 0.5) is 10.8 Å². The number of benzene rings is 4. The van der Waals surface area contributed by atoms with Crippen LogP contribution in [0.15, 0.2) is 103 Å². The molecule has 2 amide bonds. The summed E-state index contributed by atoms with van der Waals surface area (Å²) in [4.78, 5) is 46.6. The zero-order chi connectivity index (χ0) is 30.8. The molecular formula is C36H29N3O4S. The topological polar surface area (TPSA) is 88.6 Å². The fourth-order valence-electron chi connectivity index (χ4n) is 5.01. The van der Waals surface area contributed by atoms with Crippen LogP contribution >= 0.6 is 11.3 Å². The lowest BCUT2D eigenvalue weighted by atomic mass is 9.93. The third-order valence-electron chi connectivity index (χ3n) is 7.33. The van der Waals surface area contributed by atoms with Crippen LogP contribution in [-0.4, -0.2) is 29.4 Å². The van der Waals surface area contributed by atoms with Gasteiger partial charge in [0.15, 0.2) is 5.13 Å². The minimum Gasteiger partial charge on any atom is -0.462 e. The van der Waals surface area contributed by atoms with Gasteiger partial charge < -0.3 is 10.1 Å². The number of nitrogens with one attached hydrogen (secondary N) is 1. The van der Waals surface area contributed by atoms with E-state index in [0.717, 1.165) is 32.2 Å². The van der Waals surface area contributed by atoms with E-state index in [0.29, 0.717) is 33.1 Å². The summed E-state index contributed by atoms with van der Waals surface area (Å²) in [5.74, 6) is -1.40. The Hall–Kier alpha value is -5.34. The van der Waals surface area contributed by atoms with E-state index in [-0.39, 0.29) is 6.61 Å². The molecule has 4 aromatic carbocycles. The number of aromatic nitrogens is 1. The number of hydrogen-bond acceptors (Lipinski definition) is 7. The molecule has 0 saturated heterocycles. The zero-order valence-electron chi connectivity index (χ0n) is 24.5. The van der Waals surface area contributed by atoms with Crippen molar-refractivity contribution in [3.63, 3.8) is 0 Å². The molecule has 1 aromatic heterocycles. The van der Waals surface area contributed by atoms with E-state index in [9.17, 15) is 14.4 Å². The molecule has 6 rings (SSSR count). The van der Waals surface area contributed by atoms with Gasteiger partial charge in [-0.2, -0.15) is 0 Å². The quantitative estimate of drug-likeness (QED) is 0.116. The highest BCUT2D eigenvalue weighted by atomic mass is 32.1. The Kier molecular flexibility index (Phi) is 7.91. The van der Waals surface area contributed by atoms with E-state index in [1.54, 1.807) is 61.7 Å². The number of carbonyl (C=O) groups excluding carboxylic acids is 3. The first-order chi connectivity index (χ1) is 21.3. The van der Waals surface area contributed by atoms with Crippen LogP contribution in [0.5, 0.6) is 0 Å². The van der Waals surface area contributed by atoms with Crippen LogP contribution in [0.3, 0.4) is 0 Å². The minimum atomic E-state index is -0.487. The molecule has 8 heteroatoms. The Morgan fingerprint density at radius 3 is 2.07 bits per heavy atom. The van der Waals surface area contributed by atoms with E-state index in [4.69, 9.17) is 9.72 Å². The first kappa shape index (κ1) is 28.8. The van der Waals surface area contributed by atoms with Crippen molar-refractivity contribution in [1.82, 2.24) is 4.98 Å². The van der Waals surface area contributed by atoms with E-state index in [2.05, 4.69) is 60.8 Å². The lowest BCUT2D eigenvalue weighted by Crippen LogP contribution is -2.42. The van der Waals surface area contributed by atoms with E-state index < -0.39 is 17.8 Å². The van der Waals surface area contributed by atoms with Gasteiger partial charge in [-0.05, 0) is 56.7 Å². The third-order valence-corrected chi connectivity index (χ3v) is 8.36. The molecule has 0 atom stereocenters. The van der Waals surface area contributed by atoms with Crippen LogP contribution in [0, 0.1) is 13.8 Å². The molecule has 0 aliphatic carbocycles. The Balaban J connectivity index is 1.38. The smallest absolute Gasteiger partial charge is 0.338 e. The normalized spacial score (nSPS) is 13.6. The van der Waals surface area contributed by atoms with Crippen molar-refractivity contribution in [3.8, 4) is 21.7 Å². The fourth-order valence-corrected chi connectivity index (χ4v) is 5.97. The molecule has 5 aromatic rings. The molecular weight excluding hydrogens is 570 g/mol. The van der Waals surface area contributed by atoms with Crippen molar-refractivity contribution in [1.29, 1.82) is 0 Å². The number of hydrogen-bond donors (Lipinski definition) is 1. The maximum absolute atomic E-state index is 13.9. The highest BCUT2D eigenvalue weighted by Gasteiger charge is 2.36. The standard InChI is InChI=1S/C36H29N3O4S/c1-4-43-35(42)26-17-19-27(20-18-26)39-33(40)29-8-6-5-7-28(29)30(34(39)41)21-37-36-38-31(24-13-9-22(2)10-14-24)32(44-36)25-15-11-23(3)12-16-25/h5-21H,4H2,1-3H3,(H,37,38)/b30-21+. The van der Waals surface area contributed by atoms with Crippen molar-refractivity contribution >= 4 is 45.5 Å². The number of imide groups is 1. The first-order valence-electron chi connectivity index (χ1n) is 14.2. The van der Waals surface area contributed by atoms with Crippen molar-refractivity contribution < 1.29 is 19.1 Å². The minimum absolute atomic E-state index is 0.250. The number of carbonyl (C=O) groups is 3. The van der Waals surface area contributed by atoms with Crippen LogP contribution in [-0.2, 0) is 9.53 Å². The Morgan fingerprint density at radius 2 is 1.43 bits per heavy atom. The molecule has 0 radical (unpaired) electrons. The van der Waals surface area contributed by atoms with E-state index >= 15 is 0 Å². The second-order valence-electron chi connectivity index (χ2n) is 10.4. The second kappa shape index (κ2) is 12.1. The Morgan fingerprint density at radius 1 is 0.818 bits per heavy atom. The molecule has 0 bridgehead atoms. The molecule has 0 unspecified atom stereocenters.